The summed E-state index contributed by atoms with van der Waals surface area (Å²) < 4.78 is 5.76. The van der Waals surface area contributed by atoms with E-state index in [4.69, 9.17) is 9.57 Å². The molecule has 0 radical (unpaired) electrons. The summed E-state index contributed by atoms with van der Waals surface area (Å²) in [6.45, 7) is 4.93. The Morgan fingerprint density at radius 2 is 1.79 bits per heavy atom. The highest BCUT2D eigenvalue weighted by Crippen LogP contribution is 2.23. The lowest BCUT2D eigenvalue weighted by atomic mass is 9.94. The van der Waals surface area contributed by atoms with Gasteiger partial charge in [0, 0.05) is 33.0 Å². The third-order valence-corrected chi connectivity index (χ3v) is 5.34. The minimum Gasteiger partial charge on any atom is -0.380 e. The van der Waals surface area contributed by atoms with Crippen molar-refractivity contribution < 1.29 is 14.4 Å². The van der Waals surface area contributed by atoms with E-state index < -0.39 is 0 Å². The molecule has 2 aromatic carbocycles. The Balaban J connectivity index is 1.51. The van der Waals surface area contributed by atoms with Crippen LogP contribution >= 0.6 is 0 Å². The highest BCUT2D eigenvalue weighted by Gasteiger charge is 2.30. The Bertz CT molecular complexity index is 723. The molecule has 0 saturated carbocycles. The first-order valence-corrected chi connectivity index (χ1v) is 9.95. The van der Waals surface area contributed by atoms with Crippen LogP contribution in [-0.2, 0) is 20.8 Å². The van der Waals surface area contributed by atoms with Gasteiger partial charge in [0.05, 0.1) is 18.4 Å². The van der Waals surface area contributed by atoms with E-state index in [0.29, 0.717) is 6.61 Å². The number of piperidine rings is 1. The summed E-state index contributed by atoms with van der Waals surface area (Å²) in [7, 11) is 1.76. The van der Waals surface area contributed by atoms with Crippen LogP contribution in [0.15, 0.2) is 60.7 Å². The summed E-state index contributed by atoms with van der Waals surface area (Å²) in [5.74, 6) is 0.143. The number of hydroxylamine groups is 1. The average molecular weight is 383 g/mol. The molecule has 150 valence electrons. The number of nitrogens with zero attached hydrogens (tertiary/aromatic N) is 2. The van der Waals surface area contributed by atoms with Gasteiger partial charge in [-0.05, 0) is 37.1 Å². The molecule has 3 rings (SSSR count). The molecule has 0 unspecified atom stereocenters. The van der Waals surface area contributed by atoms with Gasteiger partial charge in [0.25, 0.3) is 0 Å². The molecular formula is C23H30N2O3. The van der Waals surface area contributed by atoms with Gasteiger partial charge in [-0.25, -0.2) is 0 Å². The van der Waals surface area contributed by atoms with Crippen LogP contribution in [0, 0.1) is 5.92 Å². The van der Waals surface area contributed by atoms with Crippen molar-refractivity contribution in [3.8, 4) is 0 Å². The normalized spacial score (nSPS) is 20.1. The number of para-hydroxylation sites is 1. The summed E-state index contributed by atoms with van der Waals surface area (Å²) in [5, 5.41) is 1.38. The number of benzene rings is 2. The summed E-state index contributed by atoms with van der Waals surface area (Å²) in [5.41, 5.74) is 2.12. The Hall–Kier alpha value is -2.21. The minimum atomic E-state index is -0.125. The molecule has 0 N–H and O–H groups in total. The number of anilines is 1. The first-order valence-electron chi connectivity index (χ1n) is 9.95. The zero-order chi connectivity index (χ0) is 19.8. The Kier molecular flexibility index (Phi) is 7.60. The van der Waals surface area contributed by atoms with E-state index in [1.807, 2.05) is 30.3 Å². The molecule has 1 heterocycles. The predicted molar refractivity (Wildman–Crippen MR) is 111 cm³/mol. The van der Waals surface area contributed by atoms with E-state index in [9.17, 15) is 4.79 Å². The maximum Gasteiger partial charge on any atom is 0.247 e. The molecule has 5 heteroatoms. The number of hydrogen-bond acceptors (Lipinski definition) is 4. The van der Waals surface area contributed by atoms with Gasteiger partial charge < -0.3 is 9.64 Å². The average Bonchev–Trinajstić information content (AvgIpc) is 2.74. The largest absolute Gasteiger partial charge is 0.380 e. The predicted octanol–water partition coefficient (Wildman–Crippen LogP) is 3.55. The molecule has 1 aliphatic heterocycles. The number of ether oxygens (including phenoxy) is 1. The van der Waals surface area contributed by atoms with Gasteiger partial charge in [0.2, 0.25) is 5.91 Å². The van der Waals surface area contributed by atoms with Crippen molar-refractivity contribution >= 4 is 11.6 Å². The van der Waals surface area contributed by atoms with E-state index in [1.165, 1.54) is 17.6 Å². The number of likely N-dealkylation sites (tertiary alicyclic amines) is 1. The quantitative estimate of drug-likeness (QED) is 0.655. The molecule has 2 aromatic rings. The van der Waals surface area contributed by atoms with Gasteiger partial charge in [-0.2, -0.15) is 5.06 Å². The molecular weight excluding hydrogens is 352 g/mol. The minimum absolute atomic E-state index is 0.106. The molecule has 0 bridgehead atoms. The van der Waals surface area contributed by atoms with Crippen molar-refractivity contribution in [1.29, 1.82) is 0 Å². The van der Waals surface area contributed by atoms with Crippen molar-refractivity contribution in [2.24, 2.45) is 5.92 Å². The second-order valence-electron chi connectivity index (χ2n) is 7.30. The van der Waals surface area contributed by atoms with Crippen LogP contribution in [0.25, 0.3) is 0 Å². The van der Waals surface area contributed by atoms with Gasteiger partial charge >= 0.3 is 0 Å². The molecule has 5 nitrogen and oxygen atoms in total. The summed E-state index contributed by atoms with van der Waals surface area (Å²) in [6.07, 6.45) is 2.15. The van der Waals surface area contributed by atoms with Crippen LogP contribution < -0.4 is 5.06 Å². The monoisotopic (exact) mass is 382 g/mol. The summed E-state index contributed by atoms with van der Waals surface area (Å²) in [4.78, 5) is 20.4. The highest BCUT2D eigenvalue weighted by atomic mass is 16.7. The van der Waals surface area contributed by atoms with Crippen LogP contribution in [0.5, 0.6) is 0 Å². The van der Waals surface area contributed by atoms with Gasteiger partial charge in [-0.1, -0.05) is 48.5 Å². The number of methoxy groups -OCH3 is 1. The van der Waals surface area contributed by atoms with Crippen LogP contribution in [0.4, 0.5) is 5.69 Å². The lowest BCUT2D eigenvalue weighted by Gasteiger charge is -2.38. The summed E-state index contributed by atoms with van der Waals surface area (Å²) >= 11 is 0. The zero-order valence-corrected chi connectivity index (χ0v) is 16.8. The third kappa shape index (κ3) is 5.64. The van der Waals surface area contributed by atoms with Crippen LogP contribution in [-0.4, -0.2) is 50.3 Å². The Labute approximate surface area is 167 Å². The van der Waals surface area contributed by atoms with Crippen molar-refractivity contribution in [3.63, 3.8) is 0 Å². The van der Waals surface area contributed by atoms with Gasteiger partial charge in [0.15, 0.2) is 0 Å². The highest BCUT2D eigenvalue weighted by molar-refractivity contribution is 5.89. The van der Waals surface area contributed by atoms with Gasteiger partial charge in [-0.3, -0.25) is 9.63 Å². The molecule has 28 heavy (non-hydrogen) atoms. The second kappa shape index (κ2) is 10.4. The number of rotatable bonds is 8. The van der Waals surface area contributed by atoms with E-state index in [-0.39, 0.29) is 17.9 Å². The third-order valence-electron chi connectivity index (χ3n) is 5.34. The molecule has 0 aliphatic carbocycles. The van der Waals surface area contributed by atoms with Crippen LogP contribution in [0.3, 0.4) is 0 Å². The molecule has 0 aromatic heterocycles. The molecule has 0 spiro atoms. The van der Waals surface area contributed by atoms with Crippen molar-refractivity contribution in [1.82, 2.24) is 4.90 Å². The maximum absolute atomic E-state index is 12.0. The number of carbonyl (C=O) groups is 1. The van der Waals surface area contributed by atoms with Crippen molar-refractivity contribution in [3.05, 3.63) is 66.2 Å². The fraction of sp³-hybridized carbons (Fsp3) is 0.435. The van der Waals surface area contributed by atoms with Crippen molar-refractivity contribution in [2.45, 2.75) is 25.9 Å². The molecule has 1 fully saturated rings. The fourth-order valence-electron chi connectivity index (χ4n) is 3.70. The first kappa shape index (κ1) is 20.5. The smallest absolute Gasteiger partial charge is 0.247 e. The SMILES string of the molecule is CO[C@@H]1CN(CCc2ccccc2)CC[C@@H]1CON(C(C)=O)c1ccccc1. The van der Waals surface area contributed by atoms with Crippen LogP contribution in [0.2, 0.25) is 0 Å². The molecule has 1 saturated heterocycles. The topological polar surface area (TPSA) is 42.0 Å². The van der Waals surface area contributed by atoms with Crippen molar-refractivity contribution in [2.75, 3.05) is 38.4 Å². The molecule has 1 aliphatic rings. The number of amides is 1. The van der Waals surface area contributed by atoms with E-state index >= 15 is 0 Å². The van der Waals surface area contributed by atoms with E-state index in [2.05, 4.69) is 35.2 Å². The van der Waals surface area contributed by atoms with Gasteiger partial charge in [-0.15, -0.1) is 0 Å². The zero-order valence-electron chi connectivity index (χ0n) is 16.8. The fourth-order valence-corrected chi connectivity index (χ4v) is 3.70. The Morgan fingerprint density at radius 1 is 1.11 bits per heavy atom. The molecule has 2 atom stereocenters. The Morgan fingerprint density at radius 3 is 2.43 bits per heavy atom. The van der Waals surface area contributed by atoms with Gasteiger partial charge in [0.1, 0.15) is 0 Å². The number of hydrogen-bond donors (Lipinski definition) is 0. The molecule has 1 amide bonds. The summed E-state index contributed by atoms with van der Waals surface area (Å²) in [6, 6.07) is 20.1. The number of carbonyl (C=O) groups excluding carboxylic acids is 1. The first-order chi connectivity index (χ1) is 13.7. The lowest BCUT2D eigenvalue weighted by Crippen LogP contribution is -2.47. The van der Waals surface area contributed by atoms with Crippen LogP contribution in [0.1, 0.15) is 18.9 Å². The van der Waals surface area contributed by atoms with E-state index in [1.54, 1.807) is 7.11 Å². The maximum atomic E-state index is 12.0. The lowest BCUT2D eigenvalue weighted by molar-refractivity contribution is -0.126. The second-order valence-corrected chi connectivity index (χ2v) is 7.30. The van der Waals surface area contributed by atoms with E-state index in [0.717, 1.165) is 38.2 Å². The standard InChI is InChI=1S/C23H30N2O3/c1-19(26)25(22-11-7-4-8-12-22)28-18-21-14-16-24(17-23(21)27-2)15-13-20-9-5-3-6-10-20/h3-12,21,23H,13-18H2,1-2H3/t21-,23-/m1/s1.